The zero-order valence-electron chi connectivity index (χ0n) is 8.35. The Hall–Kier alpha value is -1.26. The molecule has 14 heavy (non-hydrogen) atoms. The Balaban J connectivity index is 2.69. The predicted molar refractivity (Wildman–Crippen MR) is 51.6 cm³/mol. The average molecular weight is 199 g/mol. The fourth-order valence-corrected chi connectivity index (χ4v) is 1.11. The van der Waals surface area contributed by atoms with E-state index in [4.69, 9.17) is 0 Å². The van der Waals surface area contributed by atoms with Gasteiger partial charge < -0.3 is 4.57 Å². The molecule has 0 aliphatic heterocycles. The molecule has 1 atom stereocenters. The second-order valence-corrected chi connectivity index (χ2v) is 4.00. The van der Waals surface area contributed by atoms with Gasteiger partial charge in [0.2, 0.25) is 0 Å². The Kier molecular flexibility index (Phi) is 3.33. The molecule has 1 rings (SSSR count). The third kappa shape index (κ3) is 2.37. The van der Waals surface area contributed by atoms with Gasteiger partial charge in [-0.15, -0.1) is 0 Å². The van der Waals surface area contributed by atoms with Crippen molar-refractivity contribution in [1.82, 2.24) is 9.55 Å². The Morgan fingerprint density at radius 1 is 1.64 bits per heavy atom. The zero-order valence-corrected chi connectivity index (χ0v) is 8.35. The summed E-state index contributed by atoms with van der Waals surface area (Å²) in [6.07, 6.45) is 4.93. The highest BCUT2D eigenvalue weighted by Crippen LogP contribution is 2.25. The van der Waals surface area contributed by atoms with E-state index < -0.39 is 18.1 Å². The summed E-state index contributed by atoms with van der Waals surface area (Å²) in [5, 5.41) is 2.97. The van der Waals surface area contributed by atoms with Crippen LogP contribution in [0.1, 0.15) is 13.8 Å². The fourth-order valence-electron chi connectivity index (χ4n) is 1.11. The van der Waals surface area contributed by atoms with Crippen LogP contribution in [0.15, 0.2) is 23.9 Å². The monoisotopic (exact) mass is 199 g/mol. The number of hydrogen-bond acceptors (Lipinski definition) is 3. The molecule has 0 saturated heterocycles. The van der Waals surface area contributed by atoms with Crippen LogP contribution in [0.5, 0.6) is 0 Å². The van der Waals surface area contributed by atoms with Crippen LogP contribution < -0.4 is 0 Å². The molecule has 0 N–H and O–H groups in total. The van der Waals surface area contributed by atoms with Crippen molar-refractivity contribution in [2.24, 2.45) is 10.6 Å². The molecule has 1 unspecified atom stereocenters. The second-order valence-electron chi connectivity index (χ2n) is 4.00. The number of halogens is 1. The van der Waals surface area contributed by atoms with E-state index in [0.29, 0.717) is 6.54 Å². The number of aromatic nitrogens is 2. The first-order valence-electron chi connectivity index (χ1n) is 4.44. The molecule has 0 aliphatic carbocycles. The molecule has 0 bridgehead atoms. The van der Waals surface area contributed by atoms with Crippen LogP contribution >= 0.6 is 0 Å². The molecule has 4 nitrogen and oxygen atoms in total. The van der Waals surface area contributed by atoms with Crippen molar-refractivity contribution < 1.29 is 4.39 Å². The van der Waals surface area contributed by atoms with Crippen LogP contribution in [0.25, 0.3) is 0 Å². The van der Waals surface area contributed by atoms with Gasteiger partial charge >= 0.3 is 0 Å². The SMILES string of the molecule is CC(C)(CF)C(Cn1ccnc1)N=O. The molecule has 0 saturated carbocycles. The van der Waals surface area contributed by atoms with E-state index in [1.807, 2.05) is 0 Å². The average Bonchev–Trinajstić information content (AvgIpc) is 2.66. The maximum Gasteiger partial charge on any atom is 0.117 e. The Morgan fingerprint density at radius 2 is 2.36 bits per heavy atom. The summed E-state index contributed by atoms with van der Waals surface area (Å²) in [4.78, 5) is 14.4. The molecule has 0 fully saturated rings. The van der Waals surface area contributed by atoms with Gasteiger partial charge in [-0.05, 0) is 0 Å². The molecule has 0 aromatic carbocycles. The maximum atomic E-state index is 12.6. The van der Waals surface area contributed by atoms with Crippen molar-refractivity contribution in [2.75, 3.05) is 6.67 Å². The highest BCUT2D eigenvalue weighted by atomic mass is 19.1. The smallest absolute Gasteiger partial charge is 0.117 e. The first kappa shape index (κ1) is 10.8. The van der Waals surface area contributed by atoms with E-state index in [2.05, 4.69) is 10.2 Å². The van der Waals surface area contributed by atoms with E-state index in [-0.39, 0.29) is 0 Å². The Labute approximate surface area is 82.1 Å². The summed E-state index contributed by atoms with van der Waals surface area (Å²) in [5.41, 5.74) is -0.716. The summed E-state index contributed by atoms with van der Waals surface area (Å²) in [5.74, 6) is 0. The van der Waals surface area contributed by atoms with Gasteiger partial charge in [-0.2, -0.15) is 4.91 Å². The van der Waals surface area contributed by atoms with Crippen molar-refractivity contribution in [1.29, 1.82) is 0 Å². The largest absolute Gasteiger partial charge is 0.335 e. The number of imidazole rings is 1. The molecule has 0 aliphatic rings. The first-order valence-corrected chi connectivity index (χ1v) is 4.44. The third-order valence-electron chi connectivity index (χ3n) is 2.32. The lowest BCUT2D eigenvalue weighted by Crippen LogP contribution is -2.33. The Morgan fingerprint density at radius 3 is 2.79 bits per heavy atom. The predicted octanol–water partition coefficient (Wildman–Crippen LogP) is 2.01. The molecule has 1 aromatic heterocycles. The highest BCUT2D eigenvalue weighted by Gasteiger charge is 2.31. The molecule has 0 amide bonds. The van der Waals surface area contributed by atoms with Crippen LogP contribution in [0.3, 0.4) is 0 Å². The van der Waals surface area contributed by atoms with Crippen molar-refractivity contribution in [2.45, 2.75) is 26.4 Å². The van der Waals surface area contributed by atoms with Crippen LogP contribution in [-0.2, 0) is 6.54 Å². The minimum absolute atomic E-state index is 0.375. The summed E-state index contributed by atoms with van der Waals surface area (Å²) in [6, 6.07) is -0.568. The minimum Gasteiger partial charge on any atom is -0.335 e. The van der Waals surface area contributed by atoms with Crippen LogP contribution in [0, 0.1) is 10.3 Å². The third-order valence-corrected chi connectivity index (χ3v) is 2.32. The van der Waals surface area contributed by atoms with E-state index >= 15 is 0 Å². The highest BCUT2D eigenvalue weighted by molar-refractivity contribution is 4.86. The molecule has 78 valence electrons. The van der Waals surface area contributed by atoms with Gasteiger partial charge in [-0.3, -0.25) is 4.39 Å². The lowest BCUT2D eigenvalue weighted by atomic mass is 9.86. The van der Waals surface area contributed by atoms with Gasteiger partial charge in [-0.25, -0.2) is 4.98 Å². The molecule has 1 aromatic rings. The molecule has 0 spiro atoms. The maximum absolute atomic E-state index is 12.6. The summed E-state index contributed by atoms with van der Waals surface area (Å²) >= 11 is 0. The quantitative estimate of drug-likeness (QED) is 0.681. The van der Waals surface area contributed by atoms with Crippen LogP contribution in [0.2, 0.25) is 0 Å². The van der Waals surface area contributed by atoms with Crippen LogP contribution in [-0.4, -0.2) is 22.3 Å². The lowest BCUT2D eigenvalue weighted by molar-refractivity contribution is 0.195. The zero-order chi connectivity index (χ0) is 10.6. The van der Waals surface area contributed by atoms with E-state index in [1.54, 1.807) is 37.1 Å². The number of alkyl halides is 1. The number of nitrogens with zero attached hydrogens (tertiary/aromatic N) is 3. The van der Waals surface area contributed by atoms with Gasteiger partial charge in [0.25, 0.3) is 0 Å². The van der Waals surface area contributed by atoms with E-state index in [0.717, 1.165) is 0 Å². The molecule has 0 radical (unpaired) electrons. The van der Waals surface area contributed by atoms with Crippen LogP contribution in [0.4, 0.5) is 4.39 Å². The summed E-state index contributed by atoms with van der Waals surface area (Å²) < 4.78 is 14.3. The number of rotatable bonds is 5. The van der Waals surface area contributed by atoms with Crippen molar-refractivity contribution in [3.8, 4) is 0 Å². The van der Waals surface area contributed by atoms with Gasteiger partial charge in [0.1, 0.15) is 6.04 Å². The summed E-state index contributed by atoms with van der Waals surface area (Å²) in [7, 11) is 0. The fraction of sp³-hybridized carbons (Fsp3) is 0.667. The minimum atomic E-state index is -0.716. The number of nitroso groups, excluding NO2 is 1. The normalized spacial score (nSPS) is 13.9. The number of hydrogen-bond donors (Lipinski definition) is 0. The van der Waals surface area contributed by atoms with Gasteiger partial charge in [0.05, 0.1) is 19.5 Å². The van der Waals surface area contributed by atoms with E-state index in [1.165, 1.54) is 0 Å². The van der Waals surface area contributed by atoms with Crippen molar-refractivity contribution >= 4 is 0 Å². The molecule has 1 heterocycles. The summed E-state index contributed by atoms with van der Waals surface area (Å²) in [6.45, 7) is 3.20. The molecular weight excluding hydrogens is 185 g/mol. The molecule has 5 heteroatoms. The Bertz CT molecular complexity index is 284. The van der Waals surface area contributed by atoms with Gasteiger partial charge in [0, 0.05) is 17.8 Å². The van der Waals surface area contributed by atoms with E-state index in [9.17, 15) is 9.30 Å². The van der Waals surface area contributed by atoms with Crippen molar-refractivity contribution in [3.63, 3.8) is 0 Å². The lowest BCUT2D eigenvalue weighted by Gasteiger charge is -2.25. The van der Waals surface area contributed by atoms with Crippen molar-refractivity contribution in [3.05, 3.63) is 23.6 Å². The first-order chi connectivity index (χ1) is 6.60. The van der Waals surface area contributed by atoms with Gasteiger partial charge in [-0.1, -0.05) is 19.0 Å². The second kappa shape index (κ2) is 4.30. The molecular formula is C9H14FN3O. The topological polar surface area (TPSA) is 47.2 Å². The standard InChI is InChI=1S/C9H14FN3O/c1-9(2,6-10)8(12-14)5-13-4-3-11-7-13/h3-4,7-8H,5-6H2,1-2H3. The van der Waals surface area contributed by atoms with Gasteiger partial charge in [0.15, 0.2) is 0 Å².